The van der Waals surface area contributed by atoms with Crippen molar-refractivity contribution in [2.75, 3.05) is 86.6 Å². The molecular weight excluding hydrogens is 850 g/mol. The fraction of sp³-hybridized carbons (Fsp3) is 0.473. The molecule has 0 fully saturated rings. The summed E-state index contributed by atoms with van der Waals surface area (Å²) < 4.78 is 54.7. The highest BCUT2D eigenvalue weighted by Crippen LogP contribution is 2.33. The number of para-hydroxylation sites is 1. The number of aryl methyl sites for hydroxylation is 6. The Bertz CT molecular complexity index is 2340. The van der Waals surface area contributed by atoms with Gasteiger partial charge in [0.15, 0.2) is 6.61 Å². The van der Waals surface area contributed by atoms with Gasteiger partial charge in [0.05, 0.1) is 24.9 Å². The van der Waals surface area contributed by atoms with Crippen LogP contribution in [-0.4, -0.2) is 96.8 Å². The van der Waals surface area contributed by atoms with Crippen LogP contribution >= 0.6 is 0 Å². The number of hydrogen-bond acceptors (Lipinski definition) is 8. The van der Waals surface area contributed by atoms with Crippen molar-refractivity contribution in [2.24, 2.45) is 0 Å². The number of unbranched alkanes of at least 4 members (excludes halogenated alkanes) is 1. The van der Waals surface area contributed by atoms with Crippen LogP contribution in [-0.2, 0) is 56.1 Å². The molecule has 67 heavy (non-hydrogen) atoms. The van der Waals surface area contributed by atoms with E-state index in [2.05, 4.69) is 72.6 Å². The van der Waals surface area contributed by atoms with Gasteiger partial charge in [-0.05, 0) is 117 Å². The highest BCUT2D eigenvalue weighted by molar-refractivity contribution is 5.98. The van der Waals surface area contributed by atoms with Crippen molar-refractivity contribution in [3.05, 3.63) is 119 Å². The second-order valence-corrected chi connectivity index (χ2v) is 16.3. The number of hydrogen-bond donors (Lipinski definition) is 0. The number of amides is 1. The first-order valence-electron chi connectivity index (χ1n) is 23.8. The Labute approximate surface area is 399 Å². The van der Waals surface area contributed by atoms with E-state index >= 15 is 0 Å². The highest BCUT2D eigenvalue weighted by atomic mass is 19.1. The summed E-state index contributed by atoms with van der Waals surface area (Å²) in [5.74, 6) is 2.43. The fourth-order valence-electron chi connectivity index (χ4n) is 7.90. The standard InChI is InChI=1S/C14H18FNO.C14H19NO3.C14H19NO.C13H20O3/c1-3-11-10-16(8-5-9-17-2)13-7-4-6-12(15)14(11)13;1-11-5-6-13-12(9-11)15(14(16)10-18-13)7-3-4-8-17-2;1-3-12-11-15(9-6-10-16-2)14-8-5-4-7-13(12)14;1-4-11-8-12(15-3)10-13(9-11)16-7-5-6-14-2/h4,6-7,10H,3,5,8-9H2,1-2H3;5-6,9H,3-4,7-8,10H2,1-2H3;4-5,7-8,11H,3,6,9-10H2,1-2H3;8-10H,4-7H2,1-3H3. The van der Waals surface area contributed by atoms with Crippen LogP contribution in [0.4, 0.5) is 10.1 Å². The summed E-state index contributed by atoms with van der Waals surface area (Å²) in [5.41, 5.74) is 8.09. The molecule has 4 aromatic carbocycles. The Morgan fingerprint density at radius 1 is 0.612 bits per heavy atom. The number of halogens is 1. The topological polar surface area (TPSA) is 94.8 Å². The molecule has 12 heteroatoms. The zero-order valence-electron chi connectivity index (χ0n) is 41.7. The normalized spacial score (nSPS) is 11.8. The molecular formula is C55H76FN3O8. The molecule has 11 nitrogen and oxygen atoms in total. The maximum atomic E-state index is 13.8. The van der Waals surface area contributed by atoms with Gasteiger partial charge in [0.2, 0.25) is 0 Å². The molecule has 1 aliphatic heterocycles. The number of carbonyl (C=O) groups is 1. The van der Waals surface area contributed by atoms with Crippen molar-refractivity contribution in [2.45, 2.75) is 92.2 Å². The lowest BCUT2D eigenvalue weighted by Gasteiger charge is -2.29. The smallest absolute Gasteiger partial charge is 0.265 e. The minimum absolute atomic E-state index is 0.0329. The van der Waals surface area contributed by atoms with E-state index in [4.69, 9.17) is 33.2 Å². The third-order valence-corrected chi connectivity index (χ3v) is 11.4. The Balaban J connectivity index is 0.000000195. The summed E-state index contributed by atoms with van der Waals surface area (Å²) in [7, 11) is 8.51. The van der Waals surface area contributed by atoms with E-state index in [1.807, 2.05) is 48.2 Å². The summed E-state index contributed by atoms with van der Waals surface area (Å²) in [6.45, 7) is 14.9. The third kappa shape index (κ3) is 16.7. The van der Waals surface area contributed by atoms with Gasteiger partial charge >= 0.3 is 0 Å². The van der Waals surface area contributed by atoms with Crippen molar-refractivity contribution in [1.82, 2.24) is 9.13 Å². The number of fused-ring (bicyclic) bond motifs is 3. The molecule has 366 valence electrons. The summed E-state index contributed by atoms with van der Waals surface area (Å²) in [6.07, 6.45) is 12.1. The number of benzene rings is 4. The first kappa shape index (κ1) is 54.2. The van der Waals surface area contributed by atoms with Crippen molar-refractivity contribution >= 4 is 33.4 Å². The molecule has 0 atom stereocenters. The van der Waals surface area contributed by atoms with Gasteiger partial charge in [-0.1, -0.05) is 51.1 Å². The SMILES string of the molecule is CCc1cc(OC)cc(OCCCOC)c1.CCc1cn(CCCOC)c2cccc(F)c12.CCc1cn(CCCOC)c2ccccc12.COCCCCN1C(=O)COc2ccc(C)cc21. The third-order valence-electron chi connectivity index (χ3n) is 11.4. The van der Waals surface area contributed by atoms with Crippen molar-refractivity contribution in [3.63, 3.8) is 0 Å². The lowest BCUT2D eigenvalue weighted by Crippen LogP contribution is -2.39. The Morgan fingerprint density at radius 2 is 1.24 bits per heavy atom. The van der Waals surface area contributed by atoms with Gasteiger partial charge in [0.1, 0.15) is 23.1 Å². The summed E-state index contributed by atoms with van der Waals surface area (Å²) in [5, 5.41) is 2.16. The molecule has 1 amide bonds. The van der Waals surface area contributed by atoms with E-state index in [1.165, 1.54) is 28.1 Å². The van der Waals surface area contributed by atoms with E-state index < -0.39 is 0 Å². The minimum atomic E-state index is -0.121. The maximum Gasteiger partial charge on any atom is 0.265 e. The van der Waals surface area contributed by atoms with Gasteiger partial charge in [-0.2, -0.15) is 0 Å². The van der Waals surface area contributed by atoms with Gasteiger partial charge in [-0.3, -0.25) is 4.79 Å². The molecule has 1 aliphatic rings. The maximum absolute atomic E-state index is 13.8. The van der Waals surface area contributed by atoms with E-state index in [0.29, 0.717) is 6.61 Å². The second kappa shape index (κ2) is 30.1. The Hall–Kier alpha value is -5.40. The van der Waals surface area contributed by atoms with Crippen LogP contribution in [0.3, 0.4) is 0 Å². The number of rotatable bonds is 22. The number of nitrogens with zero attached hydrogens (tertiary/aromatic N) is 3. The first-order chi connectivity index (χ1) is 32.7. The molecule has 0 N–H and O–H groups in total. The predicted octanol–water partition coefficient (Wildman–Crippen LogP) is 11.4. The van der Waals surface area contributed by atoms with Gasteiger partial charge in [0, 0.05) is 116 Å². The summed E-state index contributed by atoms with van der Waals surface area (Å²) >= 11 is 0. The first-order valence-corrected chi connectivity index (χ1v) is 23.8. The average Bonchev–Trinajstić information content (AvgIpc) is 3.91. The van der Waals surface area contributed by atoms with E-state index in [1.54, 1.807) is 41.6 Å². The highest BCUT2D eigenvalue weighted by Gasteiger charge is 2.25. The number of aromatic nitrogens is 2. The number of carbonyl (C=O) groups excluding carboxylic acids is 1. The second-order valence-electron chi connectivity index (χ2n) is 16.3. The van der Waals surface area contributed by atoms with E-state index in [0.717, 1.165) is 142 Å². The van der Waals surface area contributed by atoms with E-state index in [-0.39, 0.29) is 18.3 Å². The zero-order chi connectivity index (χ0) is 48.4. The Morgan fingerprint density at radius 3 is 1.91 bits per heavy atom. The van der Waals surface area contributed by atoms with Crippen molar-refractivity contribution < 1.29 is 42.3 Å². The summed E-state index contributed by atoms with van der Waals surface area (Å²) in [4.78, 5) is 13.7. The largest absolute Gasteiger partial charge is 0.497 e. The molecule has 0 aliphatic carbocycles. The van der Waals surface area contributed by atoms with Crippen LogP contribution in [0.5, 0.6) is 17.2 Å². The molecule has 0 unspecified atom stereocenters. The quantitative estimate of drug-likeness (QED) is 0.0622. The number of ether oxygens (including phenoxy) is 7. The lowest BCUT2D eigenvalue weighted by atomic mass is 10.1. The molecule has 3 heterocycles. The number of methoxy groups -OCH3 is 5. The van der Waals surface area contributed by atoms with Crippen LogP contribution in [0.15, 0.2) is 91.3 Å². The minimum Gasteiger partial charge on any atom is -0.497 e. The molecule has 6 aromatic rings. The van der Waals surface area contributed by atoms with Crippen LogP contribution < -0.4 is 19.1 Å². The fourth-order valence-corrected chi connectivity index (χ4v) is 7.90. The van der Waals surface area contributed by atoms with Gasteiger partial charge in [-0.15, -0.1) is 0 Å². The van der Waals surface area contributed by atoms with Crippen molar-refractivity contribution in [1.29, 1.82) is 0 Å². The van der Waals surface area contributed by atoms with Gasteiger partial charge in [0.25, 0.3) is 5.91 Å². The molecule has 2 aromatic heterocycles. The van der Waals surface area contributed by atoms with Gasteiger partial charge in [-0.25, -0.2) is 4.39 Å². The van der Waals surface area contributed by atoms with Crippen LogP contribution in [0.2, 0.25) is 0 Å². The molecule has 0 radical (unpaired) electrons. The van der Waals surface area contributed by atoms with Crippen LogP contribution in [0, 0.1) is 12.7 Å². The van der Waals surface area contributed by atoms with E-state index in [9.17, 15) is 9.18 Å². The molecule has 0 bridgehead atoms. The van der Waals surface area contributed by atoms with Crippen LogP contribution in [0.1, 0.15) is 75.1 Å². The zero-order valence-corrected chi connectivity index (χ0v) is 41.7. The van der Waals surface area contributed by atoms with Crippen molar-refractivity contribution in [3.8, 4) is 17.2 Å². The number of anilines is 1. The molecule has 7 rings (SSSR count). The summed E-state index contributed by atoms with van der Waals surface area (Å²) in [6, 6.07) is 25.8. The molecule has 0 saturated heterocycles. The monoisotopic (exact) mass is 926 g/mol. The lowest BCUT2D eigenvalue weighted by molar-refractivity contribution is -0.121. The van der Waals surface area contributed by atoms with Gasteiger partial charge < -0.3 is 47.2 Å². The Kier molecular flexibility index (Phi) is 24.3. The molecule has 0 spiro atoms. The molecule has 0 saturated carbocycles. The predicted molar refractivity (Wildman–Crippen MR) is 270 cm³/mol. The average molecular weight is 926 g/mol. The van der Waals surface area contributed by atoms with Crippen LogP contribution in [0.25, 0.3) is 21.8 Å².